The van der Waals surface area contributed by atoms with Gasteiger partial charge in [-0.05, 0) is 63.6 Å². The highest BCUT2D eigenvalue weighted by Crippen LogP contribution is 2.32. The zero-order valence-electron chi connectivity index (χ0n) is 17.2. The minimum atomic E-state index is -0.510. The number of anilines is 1. The Morgan fingerprint density at radius 3 is 2.43 bits per heavy atom. The molecule has 1 aromatic carbocycles. The topological polar surface area (TPSA) is 70.7 Å². The van der Waals surface area contributed by atoms with Crippen LogP contribution in [0, 0.1) is 5.92 Å². The lowest BCUT2D eigenvalue weighted by atomic mass is 9.95. The van der Waals surface area contributed by atoms with Gasteiger partial charge in [0.1, 0.15) is 6.10 Å². The maximum atomic E-state index is 13.0. The Balaban J connectivity index is 1.85. The molecule has 1 aliphatic carbocycles. The Morgan fingerprint density at radius 1 is 1.18 bits per heavy atom. The highest BCUT2D eigenvalue weighted by molar-refractivity contribution is 5.95. The van der Waals surface area contributed by atoms with Gasteiger partial charge in [0.05, 0.1) is 11.6 Å². The van der Waals surface area contributed by atoms with Crippen molar-refractivity contribution >= 4 is 17.7 Å². The molecule has 1 fully saturated rings. The van der Waals surface area contributed by atoms with Crippen molar-refractivity contribution < 1.29 is 14.3 Å². The van der Waals surface area contributed by atoms with E-state index in [0.717, 1.165) is 43.6 Å². The molecule has 1 aliphatic heterocycles. The van der Waals surface area contributed by atoms with Crippen LogP contribution in [-0.4, -0.2) is 31.2 Å². The molecule has 6 nitrogen and oxygen atoms in total. The summed E-state index contributed by atoms with van der Waals surface area (Å²) in [6, 6.07) is 7.21. The van der Waals surface area contributed by atoms with Gasteiger partial charge in [0, 0.05) is 24.5 Å². The Labute approximate surface area is 167 Å². The van der Waals surface area contributed by atoms with Gasteiger partial charge in [-0.15, -0.1) is 0 Å². The summed E-state index contributed by atoms with van der Waals surface area (Å²) in [4.78, 5) is 27.3. The Bertz CT molecular complexity index is 753. The van der Waals surface area contributed by atoms with Gasteiger partial charge < -0.3 is 20.3 Å². The van der Waals surface area contributed by atoms with Crippen LogP contribution in [-0.2, 0) is 9.53 Å². The highest BCUT2D eigenvalue weighted by Gasteiger charge is 2.35. The summed E-state index contributed by atoms with van der Waals surface area (Å²) in [5.74, 6) is 0.0318. The van der Waals surface area contributed by atoms with Crippen LogP contribution in [0.4, 0.5) is 10.5 Å². The van der Waals surface area contributed by atoms with Gasteiger partial charge in [0.25, 0.3) is 0 Å². The number of amides is 2. The van der Waals surface area contributed by atoms with Crippen molar-refractivity contribution in [2.45, 2.75) is 59.1 Å². The van der Waals surface area contributed by atoms with Crippen LogP contribution in [0.15, 0.2) is 35.5 Å². The van der Waals surface area contributed by atoms with Gasteiger partial charge in [-0.2, -0.15) is 0 Å². The SMILES string of the molecule is CCN(CC)c1ccc([C@@H]2NC(=O)NC(C)=C2C(=O)O[C@H]2CCC[C@@H]2C)cc1. The number of nitrogens with zero attached hydrogens (tertiary/aromatic N) is 1. The number of carbonyl (C=O) groups excluding carboxylic acids is 2. The normalized spacial score (nSPS) is 24.6. The Morgan fingerprint density at radius 2 is 1.86 bits per heavy atom. The minimum absolute atomic E-state index is 0.0453. The molecule has 0 saturated heterocycles. The minimum Gasteiger partial charge on any atom is -0.459 e. The van der Waals surface area contributed by atoms with Crippen molar-refractivity contribution in [3.63, 3.8) is 0 Å². The fourth-order valence-electron chi connectivity index (χ4n) is 4.17. The van der Waals surface area contributed by atoms with Crippen molar-refractivity contribution in [1.29, 1.82) is 0 Å². The zero-order chi connectivity index (χ0) is 20.3. The van der Waals surface area contributed by atoms with E-state index in [0.29, 0.717) is 17.2 Å². The number of benzene rings is 1. The molecule has 0 unspecified atom stereocenters. The van der Waals surface area contributed by atoms with Crippen LogP contribution in [0.5, 0.6) is 0 Å². The largest absolute Gasteiger partial charge is 0.459 e. The molecule has 1 aromatic rings. The first-order chi connectivity index (χ1) is 13.4. The first-order valence-electron chi connectivity index (χ1n) is 10.3. The highest BCUT2D eigenvalue weighted by atomic mass is 16.5. The van der Waals surface area contributed by atoms with Crippen molar-refractivity contribution in [3.05, 3.63) is 41.1 Å². The van der Waals surface area contributed by atoms with Crippen LogP contribution in [0.1, 0.15) is 58.6 Å². The Kier molecular flexibility index (Phi) is 6.27. The molecule has 0 aromatic heterocycles. The number of urea groups is 1. The summed E-state index contributed by atoms with van der Waals surface area (Å²) < 4.78 is 5.82. The monoisotopic (exact) mass is 385 g/mol. The third-order valence-electron chi connectivity index (χ3n) is 5.89. The molecule has 2 amide bonds. The fourth-order valence-corrected chi connectivity index (χ4v) is 4.17. The van der Waals surface area contributed by atoms with Gasteiger partial charge in [0.2, 0.25) is 0 Å². The lowest BCUT2D eigenvalue weighted by Crippen LogP contribution is -2.45. The fraction of sp³-hybridized carbons (Fsp3) is 0.545. The van der Waals surface area contributed by atoms with E-state index < -0.39 is 6.04 Å². The van der Waals surface area contributed by atoms with Crippen LogP contribution in [0.2, 0.25) is 0 Å². The molecular weight excluding hydrogens is 354 g/mol. The van der Waals surface area contributed by atoms with Gasteiger partial charge in [-0.25, -0.2) is 9.59 Å². The van der Waals surface area contributed by atoms with E-state index in [1.165, 1.54) is 0 Å². The molecule has 2 N–H and O–H groups in total. The summed E-state index contributed by atoms with van der Waals surface area (Å²) >= 11 is 0. The summed E-state index contributed by atoms with van der Waals surface area (Å²) in [5, 5.41) is 5.60. The van der Waals surface area contributed by atoms with Crippen LogP contribution in [0.25, 0.3) is 0 Å². The predicted molar refractivity (Wildman–Crippen MR) is 110 cm³/mol. The number of carbonyl (C=O) groups is 2. The third-order valence-corrected chi connectivity index (χ3v) is 5.89. The molecule has 1 heterocycles. The average Bonchev–Trinajstić information content (AvgIpc) is 3.07. The molecule has 0 bridgehead atoms. The maximum absolute atomic E-state index is 13.0. The van der Waals surface area contributed by atoms with E-state index in [1.54, 1.807) is 6.92 Å². The van der Waals surface area contributed by atoms with E-state index in [9.17, 15) is 9.59 Å². The molecule has 152 valence electrons. The number of rotatable bonds is 6. The van der Waals surface area contributed by atoms with Crippen LogP contribution >= 0.6 is 0 Å². The first kappa shape index (κ1) is 20.2. The van der Waals surface area contributed by atoms with Gasteiger partial charge in [-0.3, -0.25) is 0 Å². The molecule has 3 rings (SSSR count). The van der Waals surface area contributed by atoms with Crippen LogP contribution < -0.4 is 15.5 Å². The molecule has 2 aliphatic rings. The van der Waals surface area contributed by atoms with Crippen molar-refractivity contribution in [2.75, 3.05) is 18.0 Å². The molecular formula is C22H31N3O3. The number of hydrogen-bond acceptors (Lipinski definition) is 4. The number of allylic oxidation sites excluding steroid dienone is 1. The van der Waals surface area contributed by atoms with E-state index in [4.69, 9.17) is 4.74 Å². The second kappa shape index (κ2) is 8.67. The summed E-state index contributed by atoms with van der Waals surface area (Å²) in [7, 11) is 0. The van der Waals surface area contributed by atoms with Crippen molar-refractivity contribution in [1.82, 2.24) is 10.6 Å². The summed E-state index contributed by atoms with van der Waals surface area (Å²) in [6.45, 7) is 9.97. The average molecular weight is 386 g/mol. The quantitative estimate of drug-likeness (QED) is 0.729. The third kappa shape index (κ3) is 4.16. The maximum Gasteiger partial charge on any atom is 0.338 e. The molecule has 1 saturated carbocycles. The zero-order valence-corrected chi connectivity index (χ0v) is 17.2. The number of ether oxygens (including phenoxy) is 1. The molecule has 0 radical (unpaired) electrons. The van der Waals surface area contributed by atoms with E-state index in [-0.39, 0.29) is 18.1 Å². The second-order valence-corrected chi connectivity index (χ2v) is 7.69. The van der Waals surface area contributed by atoms with Crippen molar-refractivity contribution in [3.8, 4) is 0 Å². The lowest BCUT2D eigenvalue weighted by Gasteiger charge is -2.30. The smallest absolute Gasteiger partial charge is 0.338 e. The summed E-state index contributed by atoms with van der Waals surface area (Å²) in [5.41, 5.74) is 3.03. The molecule has 3 atom stereocenters. The van der Waals surface area contributed by atoms with E-state index >= 15 is 0 Å². The van der Waals surface area contributed by atoms with Crippen LogP contribution in [0.3, 0.4) is 0 Å². The number of hydrogen-bond donors (Lipinski definition) is 2. The molecule has 0 spiro atoms. The first-order valence-corrected chi connectivity index (χ1v) is 10.3. The lowest BCUT2D eigenvalue weighted by molar-refractivity contribution is -0.146. The number of esters is 1. The van der Waals surface area contributed by atoms with Gasteiger partial charge in [0.15, 0.2) is 0 Å². The van der Waals surface area contributed by atoms with Crippen molar-refractivity contribution in [2.24, 2.45) is 5.92 Å². The molecule has 28 heavy (non-hydrogen) atoms. The predicted octanol–water partition coefficient (Wildman–Crippen LogP) is 3.89. The second-order valence-electron chi connectivity index (χ2n) is 7.69. The van der Waals surface area contributed by atoms with E-state index in [2.05, 4.69) is 36.3 Å². The van der Waals surface area contributed by atoms with E-state index in [1.807, 2.05) is 24.3 Å². The molecule has 6 heteroatoms. The Hall–Kier alpha value is -2.50. The summed E-state index contributed by atoms with van der Waals surface area (Å²) in [6.07, 6.45) is 3.03. The van der Waals surface area contributed by atoms with Gasteiger partial charge in [-0.1, -0.05) is 19.1 Å². The standard InChI is InChI=1S/C22H31N3O3/c1-5-25(6-2)17-12-10-16(11-13-17)20-19(15(4)23-22(27)24-20)21(26)28-18-9-7-8-14(18)3/h10-14,18,20H,5-9H2,1-4H3,(H2,23,24,27)/t14-,18-,20-/m0/s1. The number of nitrogens with one attached hydrogen (secondary N) is 2. The van der Waals surface area contributed by atoms with Gasteiger partial charge >= 0.3 is 12.0 Å².